The van der Waals surface area contributed by atoms with Crippen molar-refractivity contribution in [3.8, 4) is 5.75 Å². The van der Waals surface area contributed by atoms with E-state index in [2.05, 4.69) is 34.2 Å². The van der Waals surface area contributed by atoms with Crippen molar-refractivity contribution in [2.45, 2.75) is 32.2 Å². The summed E-state index contributed by atoms with van der Waals surface area (Å²) in [5.74, 6) is 0.966. The van der Waals surface area contributed by atoms with Crippen LogP contribution >= 0.6 is 15.9 Å². The van der Waals surface area contributed by atoms with Crippen LogP contribution in [0.5, 0.6) is 5.75 Å². The van der Waals surface area contributed by atoms with E-state index in [0.717, 1.165) is 23.4 Å². The molecular formula is C13H18BrNO. The Hall–Kier alpha value is -0.540. The lowest BCUT2D eigenvalue weighted by atomic mass is 10.1. The molecule has 1 aliphatic rings. The molecule has 1 fully saturated rings. The molecule has 0 aromatic heterocycles. The molecule has 88 valence electrons. The molecule has 0 aliphatic carbocycles. The molecule has 0 saturated carbocycles. The first kappa shape index (κ1) is 11.9. The predicted molar refractivity (Wildman–Crippen MR) is 70.0 cm³/mol. The summed E-state index contributed by atoms with van der Waals surface area (Å²) in [6.45, 7) is 3.99. The number of rotatable bonds is 3. The summed E-state index contributed by atoms with van der Waals surface area (Å²) in [7, 11) is 0. The lowest BCUT2D eigenvalue weighted by Gasteiger charge is -2.23. The smallest absolute Gasteiger partial charge is 0.119 e. The van der Waals surface area contributed by atoms with Gasteiger partial charge in [-0.3, -0.25) is 0 Å². The number of halogens is 1. The summed E-state index contributed by atoms with van der Waals surface area (Å²) >= 11 is 3.49. The third kappa shape index (κ3) is 3.22. The predicted octanol–water partition coefficient (Wildman–Crippen LogP) is 3.28. The number of ether oxygens (including phenoxy) is 1. The molecular weight excluding hydrogens is 266 g/mol. The van der Waals surface area contributed by atoms with Gasteiger partial charge in [0.15, 0.2) is 0 Å². The van der Waals surface area contributed by atoms with Gasteiger partial charge in [0.2, 0.25) is 0 Å². The van der Waals surface area contributed by atoms with Gasteiger partial charge in [-0.15, -0.1) is 0 Å². The van der Waals surface area contributed by atoms with E-state index < -0.39 is 0 Å². The van der Waals surface area contributed by atoms with Crippen LogP contribution in [-0.2, 0) is 0 Å². The van der Waals surface area contributed by atoms with Gasteiger partial charge < -0.3 is 10.1 Å². The van der Waals surface area contributed by atoms with Gasteiger partial charge in [0.25, 0.3) is 0 Å². The zero-order valence-corrected chi connectivity index (χ0v) is 11.2. The first-order chi connectivity index (χ1) is 7.75. The maximum atomic E-state index is 5.80. The molecule has 0 spiro atoms. The summed E-state index contributed by atoms with van der Waals surface area (Å²) in [4.78, 5) is 0. The van der Waals surface area contributed by atoms with Crippen LogP contribution in [0.25, 0.3) is 0 Å². The normalized spacial score (nSPS) is 20.8. The Kier molecular flexibility index (Phi) is 4.24. The van der Waals surface area contributed by atoms with Gasteiger partial charge in [0.1, 0.15) is 12.4 Å². The SMILES string of the molecule is Cc1cc(OCC2CCCCN2)ccc1Br. The highest BCUT2D eigenvalue weighted by Crippen LogP contribution is 2.22. The van der Waals surface area contributed by atoms with Crippen molar-refractivity contribution in [3.05, 3.63) is 28.2 Å². The molecule has 1 atom stereocenters. The molecule has 0 bridgehead atoms. The molecule has 2 nitrogen and oxygen atoms in total. The average Bonchev–Trinajstić information content (AvgIpc) is 2.32. The number of benzene rings is 1. The number of hydrogen-bond acceptors (Lipinski definition) is 2. The minimum atomic E-state index is 0.526. The van der Waals surface area contributed by atoms with Gasteiger partial charge in [-0.2, -0.15) is 0 Å². The molecule has 1 N–H and O–H groups in total. The minimum Gasteiger partial charge on any atom is -0.492 e. The Morgan fingerprint density at radius 2 is 2.31 bits per heavy atom. The second kappa shape index (κ2) is 5.69. The van der Waals surface area contributed by atoms with Gasteiger partial charge in [0, 0.05) is 10.5 Å². The van der Waals surface area contributed by atoms with Crippen LogP contribution in [0.1, 0.15) is 24.8 Å². The Labute approximate surface area is 106 Å². The second-order valence-electron chi connectivity index (χ2n) is 4.37. The minimum absolute atomic E-state index is 0.526. The van der Waals surface area contributed by atoms with E-state index in [1.807, 2.05) is 12.1 Å². The van der Waals surface area contributed by atoms with Crippen molar-refractivity contribution >= 4 is 15.9 Å². The highest BCUT2D eigenvalue weighted by Gasteiger charge is 2.12. The monoisotopic (exact) mass is 283 g/mol. The molecule has 0 amide bonds. The summed E-state index contributed by atoms with van der Waals surface area (Å²) < 4.78 is 6.93. The first-order valence-corrected chi connectivity index (χ1v) is 6.67. The van der Waals surface area contributed by atoms with Crippen molar-refractivity contribution in [2.24, 2.45) is 0 Å². The number of nitrogens with one attached hydrogen (secondary N) is 1. The Bertz CT molecular complexity index is 348. The molecule has 1 heterocycles. The number of piperidine rings is 1. The highest BCUT2D eigenvalue weighted by atomic mass is 79.9. The van der Waals surface area contributed by atoms with E-state index in [4.69, 9.17) is 4.74 Å². The number of aryl methyl sites for hydroxylation is 1. The van der Waals surface area contributed by atoms with Crippen LogP contribution < -0.4 is 10.1 Å². The molecule has 1 unspecified atom stereocenters. The molecule has 0 radical (unpaired) electrons. The topological polar surface area (TPSA) is 21.3 Å². The number of hydrogen-bond donors (Lipinski definition) is 1. The first-order valence-electron chi connectivity index (χ1n) is 5.88. The molecule has 1 aromatic rings. The van der Waals surface area contributed by atoms with Crippen LogP contribution in [0.4, 0.5) is 0 Å². The van der Waals surface area contributed by atoms with Crippen molar-refractivity contribution in [1.82, 2.24) is 5.32 Å². The fourth-order valence-corrected chi connectivity index (χ4v) is 2.22. The van der Waals surface area contributed by atoms with Gasteiger partial charge in [0.05, 0.1) is 0 Å². The Morgan fingerprint density at radius 3 is 3.00 bits per heavy atom. The largest absolute Gasteiger partial charge is 0.492 e. The second-order valence-corrected chi connectivity index (χ2v) is 5.22. The van der Waals surface area contributed by atoms with Crippen molar-refractivity contribution in [1.29, 1.82) is 0 Å². The van der Waals surface area contributed by atoms with E-state index in [9.17, 15) is 0 Å². The van der Waals surface area contributed by atoms with Gasteiger partial charge in [-0.1, -0.05) is 22.4 Å². The van der Waals surface area contributed by atoms with E-state index in [1.165, 1.54) is 24.8 Å². The van der Waals surface area contributed by atoms with Crippen molar-refractivity contribution in [2.75, 3.05) is 13.2 Å². The summed E-state index contributed by atoms with van der Waals surface area (Å²) in [6, 6.07) is 6.66. The summed E-state index contributed by atoms with van der Waals surface area (Å²) in [6.07, 6.45) is 3.85. The average molecular weight is 284 g/mol. The van der Waals surface area contributed by atoms with Crippen LogP contribution in [-0.4, -0.2) is 19.2 Å². The summed E-state index contributed by atoms with van der Waals surface area (Å²) in [5, 5.41) is 3.48. The maximum Gasteiger partial charge on any atom is 0.119 e. The lowest BCUT2D eigenvalue weighted by molar-refractivity contribution is 0.239. The van der Waals surface area contributed by atoms with Crippen molar-refractivity contribution in [3.63, 3.8) is 0 Å². The molecule has 16 heavy (non-hydrogen) atoms. The van der Waals surface area contributed by atoms with Crippen LogP contribution in [0.3, 0.4) is 0 Å². The van der Waals surface area contributed by atoms with Gasteiger partial charge in [-0.05, 0) is 50.1 Å². The molecule has 3 heteroatoms. The third-order valence-electron chi connectivity index (χ3n) is 2.99. The molecule has 1 aromatic carbocycles. The van der Waals surface area contributed by atoms with E-state index >= 15 is 0 Å². The Balaban J connectivity index is 1.86. The fraction of sp³-hybridized carbons (Fsp3) is 0.538. The van der Waals surface area contributed by atoms with Gasteiger partial charge >= 0.3 is 0 Å². The van der Waals surface area contributed by atoms with E-state index in [-0.39, 0.29) is 0 Å². The van der Waals surface area contributed by atoms with Crippen molar-refractivity contribution < 1.29 is 4.74 Å². The molecule has 2 rings (SSSR count). The third-order valence-corrected chi connectivity index (χ3v) is 3.88. The Morgan fingerprint density at radius 1 is 1.44 bits per heavy atom. The van der Waals surface area contributed by atoms with Gasteiger partial charge in [-0.25, -0.2) is 0 Å². The maximum absolute atomic E-state index is 5.80. The molecule has 1 aliphatic heterocycles. The van der Waals surface area contributed by atoms with E-state index in [0.29, 0.717) is 6.04 Å². The fourth-order valence-electron chi connectivity index (χ4n) is 1.97. The van der Waals surface area contributed by atoms with Crippen LogP contribution in [0.15, 0.2) is 22.7 Å². The molecule has 1 saturated heterocycles. The van der Waals surface area contributed by atoms with Crippen LogP contribution in [0, 0.1) is 6.92 Å². The van der Waals surface area contributed by atoms with Crippen LogP contribution in [0.2, 0.25) is 0 Å². The quantitative estimate of drug-likeness (QED) is 0.919. The lowest BCUT2D eigenvalue weighted by Crippen LogP contribution is -2.38. The van der Waals surface area contributed by atoms with E-state index in [1.54, 1.807) is 0 Å². The zero-order valence-electron chi connectivity index (χ0n) is 9.63. The standard InChI is InChI=1S/C13H18BrNO/c1-10-8-12(5-6-13(10)14)16-9-11-4-2-3-7-15-11/h5-6,8,11,15H,2-4,7,9H2,1H3. The summed E-state index contributed by atoms with van der Waals surface area (Å²) in [5.41, 5.74) is 1.22. The zero-order chi connectivity index (χ0) is 11.4. The highest BCUT2D eigenvalue weighted by molar-refractivity contribution is 9.10.